The fraction of sp³-hybridized carbons (Fsp3) is 0.458. The van der Waals surface area contributed by atoms with Crippen molar-refractivity contribution in [3.63, 3.8) is 0 Å². The van der Waals surface area contributed by atoms with Gasteiger partial charge in [-0.25, -0.2) is 9.97 Å². The average molecular weight is 484 g/mol. The summed E-state index contributed by atoms with van der Waals surface area (Å²) in [7, 11) is 0. The third-order valence-electron chi connectivity index (χ3n) is 6.37. The Morgan fingerprint density at radius 1 is 1.24 bits per heavy atom. The minimum atomic E-state index is -0.00768. The predicted molar refractivity (Wildman–Crippen MR) is 134 cm³/mol. The van der Waals surface area contributed by atoms with Gasteiger partial charge in [-0.05, 0) is 36.3 Å². The molecule has 7 nitrogen and oxygen atoms in total. The van der Waals surface area contributed by atoms with E-state index in [1.165, 1.54) is 27.8 Å². The highest BCUT2D eigenvalue weighted by Gasteiger charge is 2.26. The number of hydrogen-bond donors (Lipinski definition) is 2. The second kappa shape index (κ2) is 10.4. The Bertz CT molecular complexity index is 1110. The molecular formula is C24H29N5O2S2. The maximum absolute atomic E-state index is 12.3. The molecule has 9 heteroatoms. The molecule has 0 saturated carbocycles. The van der Waals surface area contributed by atoms with Crippen LogP contribution < -0.4 is 11.1 Å². The van der Waals surface area contributed by atoms with Gasteiger partial charge in [-0.2, -0.15) is 0 Å². The zero-order chi connectivity index (χ0) is 22.6. The van der Waals surface area contributed by atoms with Crippen molar-refractivity contribution in [2.75, 3.05) is 50.9 Å². The van der Waals surface area contributed by atoms with E-state index >= 15 is 0 Å². The number of aryl methyl sites for hydroxylation is 1. The van der Waals surface area contributed by atoms with Gasteiger partial charge in [0.25, 0.3) is 0 Å². The lowest BCUT2D eigenvalue weighted by atomic mass is 9.83. The van der Waals surface area contributed by atoms with Crippen LogP contribution in [0.3, 0.4) is 0 Å². The maximum Gasteiger partial charge on any atom is 0.230 e. The Morgan fingerprint density at radius 2 is 2.06 bits per heavy atom. The number of rotatable bonds is 7. The van der Waals surface area contributed by atoms with E-state index in [1.54, 1.807) is 11.3 Å². The Labute approximate surface area is 202 Å². The number of nitrogens with one attached hydrogen (secondary N) is 1. The number of fused-ring (bicyclic) bond motifs is 3. The van der Waals surface area contributed by atoms with E-state index in [4.69, 9.17) is 15.5 Å². The molecule has 3 N–H and O–H groups in total. The largest absolute Gasteiger partial charge is 0.383 e. The number of amides is 1. The van der Waals surface area contributed by atoms with Crippen LogP contribution in [0.15, 0.2) is 35.5 Å². The summed E-state index contributed by atoms with van der Waals surface area (Å²) in [5.41, 5.74) is 9.08. The van der Waals surface area contributed by atoms with Crippen molar-refractivity contribution in [2.24, 2.45) is 0 Å². The molecule has 2 aliphatic rings. The number of carbonyl (C=O) groups excluding carboxylic acids is 1. The van der Waals surface area contributed by atoms with Crippen LogP contribution >= 0.6 is 23.1 Å². The van der Waals surface area contributed by atoms with E-state index in [1.807, 2.05) is 0 Å². The van der Waals surface area contributed by atoms with Crippen molar-refractivity contribution in [2.45, 2.75) is 30.3 Å². The highest BCUT2D eigenvalue weighted by atomic mass is 32.2. The number of thiophene rings is 1. The highest BCUT2D eigenvalue weighted by molar-refractivity contribution is 7.99. The van der Waals surface area contributed by atoms with Crippen molar-refractivity contribution in [1.82, 2.24) is 20.2 Å². The van der Waals surface area contributed by atoms with Gasteiger partial charge >= 0.3 is 0 Å². The van der Waals surface area contributed by atoms with Crippen molar-refractivity contribution >= 4 is 45.0 Å². The number of thioether (sulfide) groups is 1. The molecule has 33 heavy (non-hydrogen) atoms. The van der Waals surface area contributed by atoms with Gasteiger partial charge < -0.3 is 15.8 Å². The summed E-state index contributed by atoms with van der Waals surface area (Å²) in [4.78, 5) is 26.2. The molecule has 5 rings (SSSR count). The van der Waals surface area contributed by atoms with E-state index in [2.05, 4.69) is 45.5 Å². The smallest absolute Gasteiger partial charge is 0.230 e. The van der Waals surface area contributed by atoms with Crippen LogP contribution in [0, 0.1) is 0 Å². The molecule has 3 aromatic rings. The third-order valence-corrected chi connectivity index (χ3v) is 8.37. The van der Waals surface area contributed by atoms with Crippen molar-refractivity contribution < 1.29 is 9.53 Å². The lowest BCUT2D eigenvalue weighted by Crippen LogP contribution is -2.41. The first-order chi connectivity index (χ1) is 16.2. The van der Waals surface area contributed by atoms with Gasteiger partial charge in [0.2, 0.25) is 5.91 Å². The lowest BCUT2D eigenvalue weighted by molar-refractivity contribution is -0.118. The Kier molecular flexibility index (Phi) is 7.10. The monoisotopic (exact) mass is 483 g/mol. The molecule has 1 aliphatic carbocycles. The van der Waals surface area contributed by atoms with E-state index in [9.17, 15) is 4.79 Å². The predicted octanol–water partition coefficient (Wildman–Crippen LogP) is 3.09. The maximum atomic E-state index is 12.3. The Morgan fingerprint density at radius 3 is 2.88 bits per heavy atom. The first kappa shape index (κ1) is 22.6. The summed E-state index contributed by atoms with van der Waals surface area (Å²) in [5, 5.41) is 4.57. The fourth-order valence-corrected chi connectivity index (χ4v) is 6.66. The van der Waals surface area contributed by atoms with Crippen LogP contribution in [0.5, 0.6) is 0 Å². The molecule has 1 aliphatic heterocycles. The minimum Gasteiger partial charge on any atom is -0.383 e. The van der Waals surface area contributed by atoms with Gasteiger partial charge in [0.15, 0.2) is 5.16 Å². The van der Waals surface area contributed by atoms with Gasteiger partial charge in [0.1, 0.15) is 10.6 Å². The lowest BCUT2D eigenvalue weighted by Gasteiger charge is -2.26. The molecule has 1 amide bonds. The summed E-state index contributed by atoms with van der Waals surface area (Å²) in [6.45, 7) is 4.87. The number of aromatic nitrogens is 2. The molecule has 1 atom stereocenters. The van der Waals surface area contributed by atoms with Crippen molar-refractivity contribution in [1.29, 1.82) is 0 Å². The molecule has 3 heterocycles. The third kappa shape index (κ3) is 5.32. The second-order valence-electron chi connectivity index (χ2n) is 8.52. The number of hydrogen-bond acceptors (Lipinski definition) is 8. The summed E-state index contributed by atoms with van der Waals surface area (Å²) in [6, 6.07) is 10.7. The molecule has 0 spiro atoms. The van der Waals surface area contributed by atoms with Crippen LogP contribution in [0.4, 0.5) is 5.82 Å². The number of nitrogens with zero attached hydrogens (tertiary/aromatic N) is 3. The molecule has 0 radical (unpaired) electrons. The van der Waals surface area contributed by atoms with Gasteiger partial charge in [0.05, 0.1) is 24.4 Å². The van der Waals surface area contributed by atoms with Gasteiger partial charge in [0, 0.05) is 31.1 Å². The molecular weight excluding hydrogens is 454 g/mol. The quantitative estimate of drug-likeness (QED) is 0.394. The molecule has 174 valence electrons. The molecule has 2 aromatic heterocycles. The first-order valence-corrected chi connectivity index (χ1v) is 13.3. The van der Waals surface area contributed by atoms with E-state index in [0.717, 1.165) is 62.3 Å². The zero-order valence-electron chi connectivity index (χ0n) is 18.6. The highest BCUT2D eigenvalue weighted by Crippen LogP contribution is 2.42. The number of ether oxygens (including phenoxy) is 1. The number of morpholine rings is 1. The topological polar surface area (TPSA) is 93.4 Å². The van der Waals surface area contributed by atoms with E-state index in [-0.39, 0.29) is 11.7 Å². The number of nitrogen functional groups attached to an aromatic ring is 1. The average Bonchev–Trinajstić information content (AvgIpc) is 3.22. The van der Waals surface area contributed by atoms with E-state index in [0.29, 0.717) is 23.4 Å². The second-order valence-corrected chi connectivity index (χ2v) is 10.5. The van der Waals surface area contributed by atoms with Crippen molar-refractivity contribution in [3.8, 4) is 0 Å². The van der Waals surface area contributed by atoms with Crippen LogP contribution in [0.1, 0.15) is 28.3 Å². The minimum absolute atomic E-state index is 0.00768. The molecule has 0 bridgehead atoms. The van der Waals surface area contributed by atoms with Crippen LogP contribution in [-0.2, 0) is 22.4 Å². The van der Waals surface area contributed by atoms with Gasteiger partial charge in [-0.3, -0.25) is 9.69 Å². The summed E-state index contributed by atoms with van der Waals surface area (Å²) in [5.74, 6) is 1.35. The fourth-order valence-electron chi connectivity index (χ4n) is 4.62. The molecule has 1 aromatic carbocycles. The summed E-state index contributed by atoms with van der Waals surface area (Å²) in [6.07, 6.45) is 3.14. The van der Waals surface area contributed by atoms with Gasteiger partial charge in [-0.1, -0.05) is 42.1 Å². The zero-order valence-corrected chi connectivity index (χ0v) is 20.2. The van der Waals surface area contributed by atoms with E-state index < -0.39 is 0 Å². The molecule has 1 saturated heterocycles. The standard InChI is InChI=1S/C24H29N5O2S2/c25-22-21-18-7-6-17(16-4-2-1-3-5-16)14-19(18)33-23(21)28-24(27-22)32-15-20(30)26-8-9-29-10-12-31-13-11-29/h1-5,17H,6-15H2,(H,26,30)(H2,25,27,28). The summed E-state index contributed by atoms with van der Waals surface area (Å²) >= 11 is 3.08. The van der Waals surface area contributed by atoms with Crippen LogP contribution in [-0.4, -0.2) is 65.9 Å². The van der Waals surface area contributed by atoms with Crippen LogP contribution in [0.25, 0.3) is 10.2 Å². The van der Waals surface area contributed by atoms with Crippen LogP contribution in [0.2, 0.25) is 0 Å². The summed E-state index contributed by atoms with van der Waals surface area (Å²) < 4.78 is 5.35. The Balaban J connectivity index is 1.20. The first-order valence-electron chi connectivity index (χ1n) is 11.5. The number of anilines is 1. The van der Waals surface area contributed by atoms with Gasteiger partial charge in [-0.15, -0.1) is 11.3 Å². The number of benzene rings is 1. The molecule has 1 fully saturated rings. The number of carbonyl (C=O) groups is 1. The number of nitrogens with two attached hydrogens (primary N) is 1. The molecule has 1 unspecified atom stereocenters. The van der Waals surface area contributed by atoms with Crippen molar-refractivity contribution in [3.05, 3.63) is 46.3 Å². The normalized spacial score (nSPS) is 18.8. The SMILES string of the molecule is Nc1nc(SCC(=O)NCCN2CCOCC2)nc2sc3c(c12)CCC(c1ccccc1)C3. The Hall–Kier alpha value is -2.20.